The molecule has 6 heteroatoms. The summed E-state index contributed by atoms with van der Waals surface area (Å²) >= 11 is 7.20. The van der Waals surface area contributed by atoms with Gasteiger partial charge in [-0.05, 0) is 55.2 Å². The van der Waals surface area contributed by atoms with E-state index in [1.165, 1.54) is 74.2 Å². The first kappa shape index (κ1) is 19.2. The molecule has 1 amide bonds. The number of benzene rings is 2. The first-order chi connectivity index (χ1) is 12.5. The van der Waals surface area contributed by atoms with E-state index in [0.29, 0.717) is 22.1 Å². The molecule has 0 aromatic heterocycles. The lowest BCUT2D eigenvalue weighted by Crippen LogP contribution is -2.12. The number of carbonyl (C=O) groups is 1. The fourth-order valence-electron chi connectivity index (χ4n) is 3.09. The van der Waals surface area contributed by atoms with E-state index in [0.717, 1.165) is 5.75 Å². The second kappa shape index (κ2) is 8.87. The summed E-state index contributed by atoms with van der Waals surface area (Å²) in [6.45, 7) is 0. The van der Waals surface area contributed by atoms with E-state index in [1.807, 2.05) is 0 Å². The molecule has 0 heterocycles. The molecule has 0 aliphatic heterocycles. The van der Waals surface area contributed by atoms with Gasteiger partial charge in [0.05, 0.1) is 5.02 Å². The van der Waals surface area contributed by atoms with Crippen molar-refractivity contribution >= 4 is 35.0 Å². The molecule has 26 heavy (non-hydrogen) atoms. The predicted molar refractivity (Wildman–Crippen MR) is 103 cm³/mol. The Morgan fingerprint density at radius 3 is 2.54 bits per heavy atom. The lowest BCUT2D eigenvalue weighted by molar-refractivity contribution is 0.102. The third kappa shape index (κ3) is 4.98. The second-order valence-corrected chi connectivity index (χ2v) is 8.01. The molecule has 0 saturated heterocycles. The molecule has 0 radical (unpaired) electrons. The van der Waals surface area contributed by atoms with Crippen LogP contribution in [-0.2, 0) is 0 Å². The quantitative estimate of drug-likeness (QED) is 0.582. The Labute approximate surface area is 161 Å². The van der Waals surface area contributed by atoms with Gasteiger partial charge in [-0.2, -0.15) is 0 Å². The lowest BCUT2D eigenvalue weighted by Gasteiger charge is -2.21. The highest BCUT2D eigenvalue weighted by Gasteiger charge is 2.16. The van der Waals surface area contributed by atoms with E-state index in [2.05, 4.69) is 5.32 Å². The van der Waals surface area contributed by atoms with E-state index >= 15 is 0 Å². The van der Waals surface area contributed by atoms with Crippen LogP contribution in [0.2, 0.25) is 5.02 Å². The molecule has 0 atom stereocenters. The highest BCUT2D eigenvalue weighted by Crippen LogP contribution is 2.31. The van der Waals surface area contributed by atoms with Gasteiger partial charge in [-0.15, -0.1) is 11.8 Å². The molecule has 0 unspecified atom stereocenters. The van der Waals surface area contributed by atoms with Crippen LogP contribution in [-0.4, -0.2) is 11.7 Å². The van der Waals surface area contributed by atoms with Gasteiger partial charge in [-0.3, -0.25) is 4.79 Å². The molecule has 1 fully saturated rings. The molecule has 1 aliphatic carbocycles. The van der Waals surface area contributed by atoms with Gasteiger partial charge < -0.3 is 5.32 Å². The summed E-state index contributed by atoms with van der Waals surface area (Å²) in [5.74, 6) is 0.245. The molecule has 1 saturated carbocycles. The number of halogens is 3. The van der Waals surface area contributed by atoms with Crippen LogP contribution in [0.1, 0.15) is 42.5 Å². The van der Waals surface area contributed by atoms with Gasteiger partial charge in [-0.1, -0.05) is 30.9 Å². The molecular weight excluding hydrogens is 376 g/mol. The van der Waals surface area contributed by atoms with E-state index in [9.17, 15) is 13.6 Å². The maximum Gasteiger partial charge on any atom is 0.255 e. The molecule has 138 valence electrons. The minimum Gasteiger partial charge on any atom is -0.322 e. The molecule has 1 N–H and O–H groups in total. The summed E-state index contributed by atoms with van der Waals surface area (Å²) < 4.78 is 27.3. The number of hydrogen-bond acceptors (Lipinski definition) is 2. The highest BCUT2D eigenvalue weighted by atomic mass is 35.5. The molecule has 2 aromatic rings. The summed E-state index contributed by atoms with van der Waals surface area (Å²) in [4.78, 5) is 12.9. The van der Waals surface area contributed by atoms with Crippen molar-refractivity contribution in [2.75, 3.05) is 11.1 Å². The van der Waals surface area contributed by atoms with E-state index < -0.39 is 5.82 Å². The number of carbonyl (C=O) groups excluding carboxylic acids is 1. The molecule has 1 aliphatic rings. The molecular formula is C20H20ClF2NOS. The maximum absolute atomic E-state index is 14.1. The average molecular weight is 396 g/mol. The molecule has 0 spiro atoms. The molecule has 2 aromatic carbocycles. The van der Waals surface area contributed by atoms with E-state index in [-0.39, 0.29) is 16.7 Å². The second-order valence-electron chi connectivity index (χ2n) is 6.54. The zero-order valence-electron chi connectivity index (χ0n) is 14.2. The van der Waals surface area contributed by atoms with Crippen LogP contribution in [0, 0.1) is 17.6 Å². The van der Waals surface area contributed by atoms with Gasteiger partial charge in [0, 0.05) is 21.9 Å². The smallest absolute Gasteiger partial charge is 0.255 e. The number of amides is 1. The van der Waals surface area contributed by atoms with Crippen LogP contribution in [0.25, 0.3) is 0 Å². The lowest BCUT2D eigenvalue weighted by atomic mass is 9.91. The summed E-state index contributed by atoms with van der Waals surface area (Å²) in [5.41, 5.74) is 0.750. The highest BCUT2D eigenvalue weighted by molar-refractivity contribution is 7.99. The van der Waals surface area contributed by atoms with E-state index in [4.69, 9.17) is 11.6 Å². The van der Waals surface area contributed by atoms with Crippen LogP contribution in [0.15, 0.2) is 41.3 Å². The van der Waals surface area contributed by atoms with Crippen LogP contribution in [0.3, 0.4) is 0 Å². The largest absolute Gasteiger partial charge is 0.322 e. The number of rotatable bonds is 5. The SMILES string of the molecule is O=C(Nc1ccc(F)c(Cl)c1)c1ccc(F)c(SCC2CCCCC2)c1. The third-order valence-electron chi connectivity index (χ3n) is 4.57. The summed E-state index contributed by atoms with van der Waals surface area (Å²) in [6.07, 6.45) is 6.17. The predicted octanol–water partition coefficient (Wildman–Crippen LogP) is 6.54. The Morgan fingerprint density at radius 2 is 1.81 bits per heavy atom. The maximum atomic E-state index is 14.1. The molecule has 0 bridgehead atoms. The van der Waals surface area contributed by atoms with E-state index in [1.54, 1.807) is 6.07 Å². The normalized spacial score (nSPS) is 15.0. The van der Waals surface area contributed by atoms with Crippen molar-refractivity contribution in [1.82, 2.24) is 0 Å². The van der Waals surface area contributed by atoms with Crippen molar-refractivity contribution in [2.45, 2.75) is 37.0 Å². The Bertz CT molecular complexity index is 793. The monoisotopic (exact) mass is 395 g/mol. The number of anilines is 1. The van der Waals surface area contributed by atoms with Crippen molar-refractivity contribution < 1.29 is 13.6 Å². The Morgan fingerprint density at radius 1 is 1.08 bits per heavy atom. The number of hydrogen-bond donors (Lipinski definition) is 1. The zero-order chi connectivity index (χ0) is 18.5. The summed E-state index contributed by atoms with van der Waals surface area (Å²) in [5, 5.41) is 2.59. The Kier molecular flexibility index (Phi) is 6.54. The first-order valence-corrected chi connectivity index (χ1v) is 10.1. The summed E-state index contributed by atoms with van der Waals surface area (Å²) in [7, 11) is 0. The minimum absolute atomic E-state index is 0.0642. The van der Waals surface area contributed by atoms with Gasteiger partial charge in [0.15, 0.2) is 0 Å². The number of thioether (sulfide) groups is 1. The fourth-order valence-corrected chi connectivity index (χ4v) is 4.44. The standard InChI is InChI=1S/C20H20ClF2NOS/c21-16-11-15(7-9-17(16)22)24-20(25)14-6-8-18(23)19(10-14)26-12-13-4-2-1-3-5-13/h6-11,13H,1-5,12H2,(H,24,25). The van der Waals surface area contributed by atoms with Gasteiger partial charge in [0.2, 0.25) is 0 Å². The zero-order valence-corrected chi connectivity index (χ0v) is 15.8. The van der Waals surface area contributed by atoms with Crippen molar-refractivity contribution in [3.63, 3.8) is 0 Å². The van der Waals surface area contributed by atoms with Crippen LogP contribution in [0.5, 0.6) is 0 Å². The fraction of sp³-hybridized carbons (Fsp3) is 0.350. The van der Waals surface area contributed by atoms with Crippen LogP contribution >= 0.6 is 23.4 Å². The summed E-state index contributed by atoms with van der Waals surface area (Å²) in [6, 6.07) is 8.30. The van der Waals surface area contributed by atoms with Gasteiger partial charge in [-0.25, -0.2) is 8.78 Å². The van der Waals surface area contributed by atoms with Crippen LogP contribution < -0.4 is 5.32 Å². The van der Waals surface area contributed by atoms with Crippen molar-refractivity contribution in [1.29, 1.82) is 0 Å². The molecule has 2 nitrogen and oxygen atoms in total. The average Bonchev–Trinajstić information content (AvgIpc) is 2.65. The number of nitrogens with one attached hydrogen (secondary N) is 1. The third-order valence-corrected chi connectivity index (χ3v) is 6.12. The Balaban J connectivity index is 1.67. The minimum atomic E-state index is -0.548. The molecule has 3 rings (SSSR count). The van der Waals surface area contributed by atoms with Gasteiger partial charge in [0.1, 0.15) is 11.6 Å². The van der Waals surface area contributed by atoms with Crippen molar-refractivity contribution in [3.05, 3.63) is 58.6 Å². The Hall–Kier alpha value is -1.59. The van der Waals surface area contributed by atoms with Gasteiger partial charge in [0.25, 0.3) is 5.91 Å². The first-order valence-electron chi connectivity index (χ1n) is 8.71. The topological polar surface area (TPSA) is 29.1 Å². The van der Waals surface area contributed by atoms with Crippen molar-refractivity contribution in [2.24, 2.45) is 5.92 Å². The van der Waals surface area contributed by atoms with Crippen LogP contribution in [0.4, 0.5) is 14.5 Å². The van der Waals surface area contributed by atoms with Crippen molar-refractivity contribution in [3.8, 4) is 0 Å². The van der Waals surface area contributed by atoms with Gasteiger partial charge >= 0.3 is 0 Å².